The predicted molar refractivity (Wildman–Crippen MR) is 137 cm³/mol. The van der Waals surface area contributed by atoms with Crippen molar-refractivity contribution in [3.05, 3.63) is 93.8 Å². The van der Waals surface area contributed by atoms with E-state index in [9.17, 15) is 13.2 Å². The summed E-state index contributed by atoms with van der Waals surface area (Å²) in [4.78, 5) is 13.3. The number of benzene rings is 3. The summed E-state index contributed by atoms with van der Waals surface area (Å²) in [6, 6.07) is 19.9. The molecule has 4 rings (SSSR count). The number of methoxy groups -OCH3 is 1. The van der Waals surface area contributed by atoms with Gasteiger partial charge in [-0.15, -0.1) is 11.3 Å². The highest BCUT2D eigenvalue weighted by Gasteiger charge is 2.32. The second-order valence-corrected chi connectivity index (χ2v) is 10.8. The lowest BCUT2D eigenvalue weighted by Gasteiger charge is -2.12. The summed E-state index contributed by atoms with van der Waals surface area (Å²) in [5.41, 5.74) is 8.06. The highest BCUT2D eigenvalue weighted by molar-refractivity contribution is 7.92. The third-order valence-electron chi connectivity index (χ3n) is 5.17. The van der Waals surface area contributed by atoms with Crippen molar-refractivity contribution in [2.75, 3.05) is 18.2 Å². The van der Waals surface area contributed by atoms with Gasteiger partial charge in [0.2, 0.25) is 15.6 Å². The molecule has 0 amide bonds. The Balaban J connectivity index is 1.90. The number of hydrogen-bond acceptors (Lipinski definition) is 7. The first kappa shape index (κ1) is 23.8. The number of ether oxygens (including phenoxy) is 1. The molecule has 1 aromatic heterocycles. The molecule has 174 valence electrons. The Morgan fingerprint density at radius 3 is 2.29 bits per heavy atom. The molecule has 0 radical (unpaired) electrons. The molecule has 0 aliphatic carbocycles. The molecule has 1 heterocycles. The molecule has 4 aromatic rings. The van der Waals surface area contributed by atoms with E-state index in [1.165, 1.54) is 19.2 Å². The Bertz CT molecular complexity index is 1460. The number of para-hydroxylation sites is 2. The largest absolute Gasteiger partial charge is 0.495 e. The number of thiophene rings is 1. The summed E-state index contributed by atoms with van der Waals surface area (Å²) >= 11 is 6.92. The van der Waals surface area contributed by atoms with E-state index in [0.717, 1.165) is 16.9 Å². The molecular weight excluding hydrogens is 492 g/mol. The number of hydrogen-bond donors (Lipinski definition) is 2. The number of sulfone groups is 1. The second-order valence-electron chi connectivity index (χ2n) is 7.48. The molecule has 9 heteroatoms. The number of nitrogens with two attached hydrogens (primary N) is 1. The van der Waals surface area contributed by atoms with Crippen LogP contribution in [0.1, 0.15) is 20.8 Å². The number of anilines is 3. The fourth-order valence-corrected chi connectivity index (χ4v) is 6.44. The van der Waals surface area contributed by atoms with Crippen LogP contribution in [0.5, 0.6) is 5.75 Å². The van der Waals surface area contributed by atoms with E-state index in [0.29, 0.717) is 22.0 Å². The van der Waals surface area contributed by atoms with Crippen molar-refractivity contribution < 1.29 is 17.9 Å². The van der Waals surface area contributed by atoms with Gasteiger partial charge in [0.1, 0.15) is 20.5 Å². The van der Waals surface area contributed by atoms with Crippen LogP contribution in [-0.4, -0.2) is 21.3 Å². The van der Waals surface area contributed by atoms with E-state index in [1.807, 2.05) is 6.92 Å². The molecule has 0 spiro atoms. The van der Waals surface area contributed by atoms with E-state index in [4.69, 9.17) is 22.1 Å². The minimum Gasteiger partial charge on any atom is -0.495 e. The van der Waals surface area contributed by atoms with Crippen molar-refractivity contribution >= 4 is 54.9 Å². The number of aryl methyl sites for hydroxylation is 1. The molecule has 0 fully saturated rings. The lowest BCUT2D eigenvalue weighted by Crippen LogP contribution is -2.08. The fourth-order valence-electron chi connectivity index (χ4n) is 3.38. The number of nitrogen functional groups attached to an aromatic ring is 1. The minimum atomic E-state index is -4.05. The van der Waals surface area contributed by atoms with E-state index in [-0.39, 0.29) is 25.4 Å². The highest BCUT2D eigenvalue weighted by Crippen LogP contribution is 2.45. The molecule has 0 aliphatic rings. The van der Waals surface area contributed by atoms with Crippen LogP contribution in [0.15, 0.2) is 82.6 Å². The van der Waals surface area contributed by atoms with Crippen molar-refractivity contribution in [1.82, 2.24) is 0 Å². The van der Waals surface area contributed by atoms with Gasteiger partial charge >= 0.3 is 0 Å². The van der Waals surface area contributed by atoms with Gasteiger partial charge in [0.25, 0.3) is 0 Å². The Morgan fingerprint density at radius 2 is 1.65 bits per heavy atom. The zero-order valence-corrected chi connectivity index (χ0v) is 20.7. The molecule has 34 heavy (non-hydrogen) atoms. The minimum absolute atomic E-state index is 0.0798. The Hall–Kier alpha value is -3.33. The fraction of sp³-hybridized carbons (Fsp3) is 0.0800. The first-order chi connectivity index (χ1) is 16.2. The summed E-state index contributed by atoms with van der Waals surface area (Å²) < 4.78 is 32.7. The number of nitrogens with one attached hydrogen (secondary N) is 1. The van der Waals surface area contributed by atoms with E-state index in [1.54, 1.807) is 60.7 Å². The number of halogens is 1. The van der Waals surface area contributed by atoms with Gasteiger partial charge in [-0.25, -0.2) is 8.42 Å². The number of ketones is 1. The predicted octanol–water partition coefficient (Wildman–Crippen LogP) is 6.11. The Labute approximate surface area is 206 Å². The SMILES string of the molecule is COc1ccccc1Nc1sc(C(=O)c2ccc(Cl)cc2)c(N)c1S(=O)(=O)c1ccc(C)cc1. The van der Waals surface area contributed by atoms with Crippen LogP contribution in [0.25, 0.3) is 0 Å². The third-order valence-corrected chi connectivity index (χ3v) is 8.52. The van der Waals surface area contributed by atoms with Gasteiger partial charge in [-0.1, -0.05) is 41.4 Å². The lowest BCUT2D eigenvalue weighted by atomic mass is 10.1. The first-order valence-corrected chi connectivity index (χ1v) is 12.8. The van der Waals surface area contributed by atoms with Gasteiger partial charge in [0.05, 0.1) is 23.4 Å². The van der Waals surface area contributed by atoms with Gasteiger partial charge in [-0.2, -0.15) is 0 Å². The molecule has 0 saturated carbocycles. The number of carbonyl (C=O) groups is 1. The van der Waals surface area contributed by atoms with E-state index < -0.39 is 15.6 Å². The van der Waals surface area contributed by atoms with Crippen LogP contribution in [0, 0.1) is 6.92 Å². The van der Waals surface area contributed by atoms with Crippen LogP contribution in [0.3, 0.4) is 0 Å². The first-order valence-electron chi connectivity index (χ1n) is 10.2. The summed E-state index contributed by atoms with van der Waals surface area (Å²) in [5, 5.41) is 3.82. The van der Waals surface area contributed by atoms with Crippen molar-refractivity contribution in [2.45, 2.75) is 16.7 Å². The van der Waals surface area contributed by atoms with Gasteiger partial charge in [0, 0.05) is 10.6 Å². The molecule has 0 bridgehead atoms. The monoisotopic (exact) mass is 512 g/mol. The smallest absolute Gasteiger partial charge is 0.211 e. The van der Waals surface area contributed by atoms with Crippen molar-refractivity contribution in [3.8, 4) is 5.75 Å². The van der Waals surface area contributed by atoms with Crippen molar-refractivity contribution in [3.63, 3.8) is 0 Å². The lowest BCUT2D eigenvalue weighted by molar-refractivity contribution is 0.104. The maximum Gasteiger partial charge on any atom is 0.211 e. The molecule has 6 nitrogen and oxygen atoms in total. The average Bonchev–Trinajstić information content (AvgIpc) is 3.16. The topological polar surface area (TPSA) is 98.5 Å². The molecular formula is C25H21ClN2O4S2. The van der Waals surface area contributed by atoms with Crippen molar-refractivity contribution in [2.24, 2.45) is 0 Å². The summed E-state index contributed by atoms with van der Waals surface area (Å²) in [6.07, 6.45) is 0. The van der Waals surface area contributed by atoms with Crippen LogP contribution >= 0.6 is 22.9 Å². The van der Waals surface area contributed by atoms with Crippen LogP contribution in [0.4, 0.5) is 16.4 Å². The zero-order chi connectivity index (χ0) is 24.5. The molecule has 3 N–H and O–H groups in total. The summed E-state index contributed by atoms with van der Waals surface area (Å²) in [7, 11) is -2.53. The Kier molecular flexibility index (Phi) is 6.65. The molecule has 0 unspecified atom stereocenters. The molecule has 0 aliphatic heterocycles. The Morgan fingerprint density at radius 1 is 1.00 bits per heavy atom. The quantitative estimate of drug-likeness (QED) is 0.290. The molecule has 3 aromatic carbocycles. The standard InChI is InChI=1S/C25H21ClN2O4S2/c1-15-7-13-18(14-8-15)34(30,31)24-21(27)23(22(29)16-9-11-17(26)12-10-16)33-25(24)28-19-5-3-4-6-20(19)32-2/h3-14,28H,27H2,1-2H3. The summed E-state index contributed by atoms with van der Waals surface area (Å²) in [5.74, 6) is 0.117. The van der Waals surface area contributed by atoms with Gasteiger partial charge in [-0.3, -0.25) is 4.79 Å². The van der Waals surface area contributed by atoms with Crippen LogP contribution in [-0.2, 0) is 9.84 Å². The van der Waals surface area contributed by atoms with Crippen LogP contribution < -0.4 is 15.8 Å². The zero-order valence-electron chi connectivity index (χ0n) is 18.3. The van der Waals surface area contributed by atoms with Crippen LogP contribution in [0.2, 0.25) is 5.02 Å². The maximum atomic E-state index is 13.7. The molecule has 0 saturated heterocycles. The highest BCUT2D eigenvalue weighted by atomic mass is 35.5. The average molecular weight is 513 g/mol. The van der Waals surface area contributed by atoms with E-state index in [2.05, 4.69) is 5.32 Å². The summed E-state index contributed by atoms with van der Waals surface area (Å²) in [6.45, 7) is 1.87. The maximum absolute atomic E-state index is 13.7. The second kappa shape index (κ2) is 9.50. The normalized spacial score (nSPS) is 11.3. The van der Waals surface area contributed by atoms with Gasteiger partial charge in [-0.05, 0) is 55.5 Å². The number of carbonyl (C=O) groups excluding carboxylic acids is 1. The number of rotatable bonds is 7. The third kappa shape index (κ3) is 4.52. The van der Waals surface area contributed by atoms with E-state index >= 15 is 0 Å². The molecule has 0 atom stereocenters. The van der Waals surface area contributed by atoms with Gasteiger partial charge < -0.3 is 15.8 Å². The van der Waals surface area contributed by atoms with Gasteiger partial charge in [0.15, 0.2) is 0 Å². The van der Waals surface area contributed by atoms with Crippen molar-refractivity contribution in [1.29, 1.82) is 0 Å².